The number of carbonyl (C=O) groups excluding carboxylic acids is 1. The van der Waals surface area contributed by atoms with Gasteiger partial charge < -0.3 is 9.80 Å². The Balaban J connectivity index is 1.57. The number of nitrogens with zero attached hydrogens (tertiary/aromatic N) is 5. The highest BCUT2D eigenvalue weighted by molar-refractivity contribution is 6.35. The lowest BCUT2D eigenvalue weighted by atomic mass is 10.1. The van der Waals surface area contributed by atoms with E-state index in [4.69, 9.17) is 23.2 Å². The molecule has 2 heterocycles. The third kappa shape index (κ3) is 3.03. The van der Waals surface area contributed by atoms with E-state index in [0.717, 1.165) is 5.56 Å². The lowest BCUT2D eigenvalue weighted by Gasteiger charge is -2.40. The van der Waals surface area contributed by atoms with E-state index in [0.29, 0.717) is 29.7 Å². The molecular weight excluding hydrogens is 325 g/mol. The van der Waals surface area contributed by atoms with Crippen molar-refractivity contribution in [3.63, 3.8) is 0 Å². The van der Waals surface area contributed by atoms with Crippen LogP contribution in [0.15, 0.2) is 30.6 Å². The van der Waals surface area contributed by atoms with Gasteiger partial charge in [-0.25, -0.2) is 9.48 Å². The van der Waals surface area contributed by atoms with Crippen molar-refractivity contribution in [3.05, 3.63) is 46.2 Å². The normalized spacial score (nSPS) is 14.8. The van der Waals surface area contributed by atoms with Gasteiger partial charge in [0, 0.05) is 42.9 Å². The number of halogens is 2. The summed E-state index contributed by atoms with van der Waals surface area (Å²) in [6.45, 7) is 1.72. The molecule has 0 aliphatic carbocycles. The zero-order valence-corrected chi connectivity index (χ0v) is 13.5. The molecule has 6 nitrogen and oxygen atoms in total. The van der Waals surface area contributed by atoms with Gasteiger partial charge in [-0.1, -0.05) is 34.5 Å². The van der Waals surface area contributed by atoms with Crippen molar-refractivity contribution >= 4 is 29.2 Å². The predicted octanol–water partition coefficient (Wildman–Crippen LogP) is 2.69. The van der Waals surface area contributed by atoms with Crippen LogP contribution < -0.4 is 0 Å². The molecule has 1 aliphatic rings. The van der Waals surface area contributed by atoms with E-state index >= 15 is 0 Å². The first-order chi connectivity index (χ1) is 10.5. The van der Waals surface area contributed by atoms with Crippen LogP contribution in [0, 0.1) is 0 Å². The fourth-order valence-electron chi connectivity index (χ4n) is 2.41. The molecule has 1 aliphatic heterocycles. The molecule has 2 amide bonds. The second-order valence-electron chi connectivity index (χ2n) is 5.32. The van der Waals surface area contributed by atoms with Crippen LogP contribution in [0.5, 0.6) is 0 Å². The molecule has 0 radical (unpaired) electrons. The summed E-state index contributed by atoms with van der Waals surface area (Å²) >= 11 is 12.0. The van der Waals surface area contributed by atoms with Crippen molar-refractivity contribution in [2.24, 2.45) is 0 Å². The molecule has 0 atom stereocenters. The monoisotopic (exact) mass is 339 g/mol. The van der Waals surface area contributed by atoms with Crippen molar-refractivity contribution in [1.82, 2.24) is 24.8 Å². The SMILES string of the molecule is CN(Cc1ccc(Cl)cc1Cl)C(=O)N1CC(n2ccnn2)C1. The summed E-state index contributed by atoms with van der Waals surface area (Å²) in [6.07, 6.45) is 3.45. The van der Waals surface area contributed by atoms with Gasteiger partial charge >= 0.3 is 6.03 Å². The van der Waals surface area contributed by atoms with E-state index in [-0.39, 0.29) is 12.1 Å². The molecule has 1 aromatic carbocycles. The number of aromatic nitrogens is 3. The highest BCUT2D eigenvalue weighted by Crippen LogP contribution is 2.24. The Hall–Kier alpha value is -1.79. The summed E-state index contributed by atoms with van der Waals surface area (Å²) in [5.41, 5.74) is 0.871. The molecule has 2 aromatic rings. The lowest BCUT2D eigenvalue weighted by molar-refractivity contribution is 0.0930. The average molecular weight is 340 g/mol. The quantitative estimate of drug-likeness (QED) is 0.863. The van der Waals surface area contributed by atoms with Gasteiger partial charge in [-0.05, 0) is 17.7 Å². The highest BCUT2D eigenvalue weighted by Gasteiger charge is 2.34. The largest absolute Gasteiger partial charge is 0.323 e. The molecule has 0 spiro atoms. The summed E-state index contributed by atoms with van der Waals surface area (Å²) in [5, 5.41) is 8.88. The van der Waals surface area contributed by atoms with Gasteiger partial charge in [-0.2, -0.15) is 0 Å². The molecule has 1 saturated heterocycles. The summed E-state index contributed by atoms with van der Waals surface area (Å²) < 4.78 is 1.78. The molecule has 1 fully saturated rings. The van der Waals surface area contributed by atoms with Crippen LogP contribution in [0.2, 0.25) is 10.0 Å². The van der Waals surface area contributed by atoms with Crippen molar-refractivity contribution in [3.8, 4) is 0 Å². The molecule has 116 valence electrons. The maximum atomic E-state index is 12.4. The van der Waals surface area contributed by atoms with Crippen LogP contribution in [0.1, 0.15) is 11.6 Å². The first-order valence-corrected chi connectivity index (χ1v) is 7.60. The van der Waals surface area contributed by atoms with Gasteiger partial charge in [0.1, 0.15) is 0 Å². The van der Waals surface area contributed by atoms with Crippen molar-refractivity contribution in [1.29, 1.82) is 0 Å². The number of hydrogen-bond acceptors (Lipinski definition) is 3. The Bertz CT molecular complexity index is 670. The van der Waals surface area contributed by atoms with Crippen LogP contribution in [-0.4, -0.2) is 51.0 Å². The Labute approximate surface area is 138 Å². The smallest absolute Gasteiger partial charge is 0.320 e. The summed E-state index contributed by atoms with van der Waals surface area (Å²) in [7, 11) is 1.76. The summed E-state index contributed by atoms with van der Waals surface area (Å²) in [6, 6.07) is 5.47. The number of likely N-dealkylation sites (tertiary alicyclic amines) is 1. The predicted molar refractivity (Wildman–Crippen MR) is 84.0 cm³/mol. The van der Waals surface area contributed by atoms with Gasteiger partial charge in [-0.3, -0.25) is 0 Å². The van der Waals surface area contributed by atoms with Crippen molar-refractivity contribution in [2.45, 2.75) is 12.6 Å². The molecule has 22 heavy (non-hydrogen) atoms. The molecule has 0 unspecified atom stereocenters. The van der Waals surface area contributed by atoms with E-state index in [9.17, 15) is 4.79 Å². The molecular formula is C14H15Cl2N5O. The Kier molecular flexibility index (Phi) is 4.22. The second kappa shape index (κ2) is 6.14. The van der Waals surface area contributed by atoms with Crippen molar-refractivity contribution < 1.29 is 4.79 Å². The third-order valence-corrected chi connectivity index (χ3v) is 4.28. The average Bonchev–Trinajstić information content (AvgIpc) is 2.94. The van der Waals surface area contributed by atoms with E-state index in [1.807, 2.05) is 12.3 Å². The fraction of sp³-hybridized carbons (Fsp3) is 0.357. The van der Waals surface area contributed by atoms with Crippen LogP contribution in [0.25, 0.3) is 0 Å². The minimum absolute atomic E-state index is 0.0256. The zero-order chi connectivity index (χ0) is 15.7. The van der Waals surface area contributed by atoms with Gasteiger partial charge in [0.25, 0.3) is 0 Å². The Morgan fingerprint density at radius 3 is 2.82 bits per heavy atom. The Morgan fingerprint density at radius 2 is 2.18 bits per heavy atom. The highest BCUT2D eigenvalue weighted by atomic mass is 35.5. The van der Waals surface area contributed by atoms with Gasteiger partial charge in [0.2, 0.25) is 0 Å². The van der Waals surface area contributed by atoms with E-state index in [1.165, 1.54) is 0 Å². The molecule has 0 bridgehead atoms. The number of urea groups is 1. The minimum Gasteiger partial charge on any atom is -0.323 e. The van der Waals surface area contributed by atoms with Gasteiger partial charge in [-0.15, -0.1) is 5.10 Å². The Morgan fingerprint density at radius 1 is 1.41 bits per heavy atom. The molecule has 0 N–H and O–H groups in total. The third-order valence-electron chi connectivity index (χ3n) is 3.70. The topological polar surface area (TPSA) is 54.3 Å². The molecule has 3 rings (SSSR count). The minimum atomic E-state index is -0.0256. The van der Waals surface area contributed by atoms with E-state index in [2.05, 4.69) is 10.3 Å². The van der Waals surface area contributed by atoms with Crippen LogP contribution in [0.3, 0.4) is 0 Å². The van der Waals surface area contributed by atoms with Crippen LogP contribution in [-0.2, 0) is 6.54 Å². The van der Waals surface area contributed by atoms with Crippen molar-refractivity contribution in [2.75, 3.05) is 20.1 Å². The van der Waals surface area contributed by atoms with Crippen LogP contribution >= 0.6 is 23.2 Å². The first-order valence-electron chi connectivity index (χ1n) is 6.84. The number of rotatable bonds is 3. The van der Waals surface area contributed by atoms with Gasteiger partial charge in [0.05, 0.1) is 12.2 Å². The van der Waals surface area contributed by atoms with Crippen LogP contribution in [0.4, 0.5) is 4.79 Å². The van der Waals surface area contributed by atoms with E-state index in [1.54, 1.807) is 39.9 Å². The maximum Gasteiger partial charge on any atom is 0.320 e. The summed E-state index contributed by atoms with van der Waals surface area (Å²) in [4.78, 5) is 15.8. The number of hydrogen-bond donors (Lipinski definition) is 0. The van der Waals surface area contributed by atoms with E-state index < -0.39 is 0 Å². The molecule has 8 heteroatoms. The van der Waals surface area contributed by atoms with Gasteiger partial charge in [0.15, 0.2) is 0 Å². The lowest BCUT2D eigenvalue weighted by Crippen LogP contribution is -2.54. The number of carbonyl (C=O) groups is 1. The maximum absolute atomic E-state index is 12.4. The second-order valence-corrected chi connectivity index (χ2v) is 6.16. The molecule has 0 saturated carbocycles. The number of amides is 2. The zero-order valence-electron chi connectivity index (χ0n) is 12.0. The first kappa shape index (κ1) is 15.1. The standard InChI is InChI=1S/C14H15Cl2N5O/c1-19(7-10-2-3-11(15)6-13(10)16)14(22)20-8-12(9-20)21-5-4-17-18-21/h2-6,12H,7-9H2,1H3. The summed E-state index contributed by atoms with van der Waals surface area (Å²) in [5.74, 6) is 0. The fourth-order valence-corrected chi connectivity index (χ4v) is 2.87. The molecule has 1 aromatic heterocycles. The number of benzene rings is 1.